The maximum atomic E-state index is 12.6. The SMILES string of the molecule is O=C([O-])c1cc(F)ccc1OP(=O)([O-])O. The molecule has 0 aliphatic carbocycles. The lowest BCUT2D eigenvalue weighted by Gasteiger charge is -2.19. The molecule has 82 valence electrons. The standard InChI is InChI=1S/C7H6FO6P/c8-4-1-2-6(14-15(11,12)13)5(3-4)7(9)10/h1-3H,(H,9,10)(H2,11,12,13)/p-2. The van der Waals surface area contributed by atoms with Crippen LogP contribution in [0.3, 0.4) is 0 Å². The Morgan fingerprint density at radius 1 is 1.53 bits per heavy atom. The van der Waals surface area contributed by atoms with Gasteiger partial charge >= 0.3 is 7.82 Å². The number of phosphoric acid groups is 1. The van der Waals surface area contributed by atoms with Gasteiger partial charge in [0.2, 0.25) is 0 Å². The number of hydrogen-bond acceptors (Lipinski definition) is 5. The van der Waals surface area contributed by atoms with Gasteiger partial charge in [-0.15, -0.1) is 0 Å². The molecule has 0 bridgehead atoms. The van der Waals surface area contributed by atoms with Crippen LogP contribution in [-0.4, -0.2) is 10.9 Å². The van der Waals surface area contributed by atoms with Crippen molar-refractivity contribution in [2.24, 2.45) is 0 Å². The van der Waals surface area contributed by atoms with Gasteiger partial charge < -0.3 is 24.2 Å². The molecule has 15 heavy (non-hydrogen) atoms. The smallest absolute Gasteiger partial charge is 0.317 e. The predicted molar refractivity (Wildman–Crippen MR) is 41.2 cm³/mol. The van der Waals surface area contributed by atoms with Gasteiger partial charge in [0.15, 0.2) is 0 Å². The lowest BCUT2D eigenvalue weighted by Crippen LogP contribution is -2.23. The largest absolute Gasteiger partial charge is 0.746 e. The molecular weight excluding hydrogens is 230 g/mol. The van der Waals surface area contributed by atoms with Crippen LogP contribution in [0.2, 0.25) is 0 Å². The average molecular weight is 234 g/mol. The van der Waals surface area contributed by atoms with Crippen molar-refractivity contribution in [2.75, 3.05) is 0 Å². The quantitative estimate of drug-likeness (QED) is 0.673. The van der Waals surface area contributed by atoms with Crippen molar-refractivity contribution in [1.29, 1.82) is 0 Å². The third-order valence-corrected chi connectivity index (χ3v) is 1.80. The maximum Gasteiger partial charge on any atom is 0.317 e. The molecular formula is C7H4FO6P-2. The molecule has 1 aromatic rings. The first-order valence-electron chi connectivity index (χ1n) is 3.54. The van der Waals surface area contributed by atoms with Crippen LogP contribution in [0, 0.1) is 5.82 Å². The Labute approximate surface area is 83.2 Å². The monoisotopic (exact) mass is 234 g/mol. The van der Waals surface area contributed by atoms with Crippen molar-refractivity contribution in [3.05, 3.63) is 29.6 Å². The summed E-state index contributed by atoms with van der Waals surface area (Å²) in [5.74, 6) is -3.43. The minimum atomic E-state index is -5.13. The van der Waals surface area contributed by atoms with Gasteiger partial charge in [0.1, 0.15) is 11.6 Å². The first-order chi connectivity index (χ1) is 6.79. The highest BCUT2D eigenvalue weighted by molar-refractivity contribution is 7.45. The third kappa shape index (κ3) is 3.32. The molecule has 8 heteroatoms. The zero-order chi connectivity index (χ0) is 11.6. The summed E-state index contributed by atoms with van der Waals surface area (Å²) in [6.45, 7) is 0. The summed E-state index contributed by atoms with van der Waals surface area (Å²) in [6.07, 6.45) is 0. The average Bonchev–Trinajstić information content (AvgIpc) is 2.05. The highest BCUT2D eigenvalue weighted by atomic mass is 31.2. The zero-order valence-corrected chi connectivity index (χ0v) is 7.94. The van der Waals surface area contributed by atoms with E-state index >= 15 is 0 Å². The van der Waals surface area contributed by atoms with E-state index in [1.54, 1.807) is 0 Å². The molecule has 0 radical (unpaired) electrons. The number of carbonyl (C=O) groups is 1. The van der Waals surface area contributed by atoms with Crippen molar-refractivity contribution in [3.8, 4) is 5.75 Å². The Morgan fingerprint density at radius 3 is 2.60 bits per heavy atom. The fraction of sp³-hybridized carbons (Fsp3) is 0. The lowest BCUT2D eigenvalue weighted by atomic mass is 10.2. The summed E-state index contributed by atoms with van der Waals surface area (Å²) in [7, 11) is -5.13. The molecule has 0 spiro atoms. The molecule has 0 fully saturated rings. The number of benzene rings is 1. The van der Waals surface area contributed by atoms with Crippen LogP contribution in [-0.2, 0) is 4.57 Å². The van der Waals surface area contributed by atoms with Crippen molar-refractivity contribution in [1.82, 2.24) is 0 Å². The summed E-state index contributed by atoms with van der Waals surface area (Å²) < 4.78 is 26.8. The lowest BCUT2D eigenvalue weighted by molar-refractivity contribution is -0.255. The number of halogens is 1. The van der Waals surface area contributed by atoms with Crippen molar-refractivity contribution in [2.45, 2.75) is 0 Å². The Morgan fingerprint density at radius 2 is 2.13 bits per heavy atom. The fourth-order valence-corrected chi connectivity index (χ4v) is 1.27. The van der Waals surface area contributed by atoms with Gasteiger partial charge in [0.25, 0.3) is 0 Å². The summed E-state index contributed by atoms with van der Waals surface area (Å²) in [4.78, 5) is 29.1. The highest BCUT2D eigenvalue weighted by Crippen LogP contribution is 2.35. The second-order valence-corrected chi connectivity index (χ2v) is 3.61. The first-order valence-corrected chi connectivity index (χ1v) is 5.03. The van der Waals surface area contributed by atoms with Crippen LogP contribution < -0.4 is 14.5 Å². The summed E-state index contributed by atoms with van der Waals surface area (Å²) in [5, 5.41) is 10.4. The zero-order valence-electron chi connectivity index (χ0n) is 7.05. The summed E-state index contributed by atoms with van der Waals surface area (Å²) >= 11 is 0. The van der Waals surface area contributed by atoms with Gasteiger partial charge in [-0.2, -0.15) is 0 Å². The molecule has 1 N–H and O–H groups in total. The maximum absolute atomic E-state index is 12.6. The molecule has 1 rings (SSSR count). The Balaban J connectivity index is 3.18. The van der Waals surface area contributed by atoms with E-state index in [0.29, 0.717) is 6.07 Å². The molecule has 0 aliphatic heterocycles. The molecule has 1 atom stereocenters. The Bertz CT molecular complexity index is 439. The minimum Gasteiger partial charge on any atom is -0.746 e. The molecule has 1 unspecified atom stereocenters. The van der Waals surface area contributed by atoms with E-state index in [1.807, 2.05) is 0 Å². The van der Waals surface area contributed by atoms with E-state index in [1.165, 1.54) is 0 Å². The first kappa shape index (κ1) is 11.6. The molecule has 0 saturated heterocycles. The molecule has 0 aromatic heterocycles. The van der Waals surface area contributed by atoms with Crippen molar-refractivity contribution in [3.63, 3.8) is 0 Å². The Hall–Kier alpha value is -1.43. The minimum absolute atomic E-state index is 0.514. The molecule has 0 amide bonds. The van der Waals surface area contributed by atoms with Gasteiger partial charge in [0.05, 0.1) is 5.97 Å². The third-order valence-electron chi connectivity index (χ3n) is 1.38. The van der Waals surface area contributed by atoms with E-state index in [2.05, 4.69) is 4.52 Å². The van der Waals surface area contributed by atoms with E-state index in [9.17, 15) is 23.7 Å². The van der Waals surface area contributed by atoms with Gasteiger partial charge in [-0.1, -0.05) is 0 Å². The normalized spacial score (nSPS) is 14.3. The fourth-order valence-electron chi connectivity index (χ4n) is 0.866. The van der Waals surface area contributed by atoms with E-state index in [0.717, 1.165) is 12.1 Å². The topological polar surface area (TPSA) is 110 Å². The number of carbonyl (C=O) groups excluding carboxylic acids is 1. The van der Waals surface area contributed by atoms with E-state index in [4.69, 9.17) is 4.89 Å². The van der Waals surface area contributed by atoms with Gasteiger partial charge in [-0.3, -0.25) is 4.57 Å². The van der Waals surface area contributed by atoms with Gasteiger partial charge in [-0.25, -0.2) is 4.39 Å². The Kier molecular flexibility index (Phi) is 3.09. The summed E-state index contributed by atoms with van der Waals surface area (Å²) in [5.41, 5.74) is -0.805. The number of carboxylic acids is 1. The number of phosphoric ester groups is 1. The number of aromatic carboxylic acids is 1. The second kappa shape index (κ2) is 3.98. The molecule has 1 aromatic carbocycles. The predicted octanol–water partition coefficient (Wildman–Crippen LogP) is -0.971. The number of carboxylic acid groups (broad SMARTS) is 1. The highest BCUT2D eigenvalue weighted by Gasteiger charge is 2.11. The summed E-state index contributed by atoms with van der Waals surface area (Å²) in [6, 6.07) is 2.04. The second-order valence-electron chi connectivity index (χ2n) is 2.49. The van der Waals surface area contributed by atoms with Crippen LogP contribution in [0.15, 0.2) is 18.2 Å². The van der Waals surface area contributed by atoms with Crippen LogP contribution in [0.5, 0.6) is 5.75 Å². The van der Waals surface area contributed by atoms with E-state index in [-0.39, 0.29) is 0 Å². The van der Waals surface area contributed by atoms with Crippen LogP contribution in [0.25, 0.3) is 0 Å². The molecule has 0 saturated carbocycles. The molecule has 0 aliphatic rings. The van der Waals surface area contributed by atoms with Gasteiger partial charge in [-0.05, 0) is 18.2 Å². The van der Waals surface area contributed by atoms with Crippen molar-refractivity contribution < 1.29 is 33.2 Å². The van der Waals surface area contributed by atoms with Crippen molar-refractivity contribution >= 4 is 13.8 Å². The van der Waals surface area contributed by atoms with Crippen LogP contribution in [0.4, 0.5) is 4.39 Å². The van der Waals surface area contributed by atoms with Crippen LogP contribution in [0.1, 0.15) is 10.4 Å². The molecule has 0 heterocycles. The number of rotatable bonds is 3. The van der Waals surface area contributed by atoms with E-state index < -0.39 is 30.9 Å². The molecule has 6 nitrogen and oxygen atoms in total. The van der Waals surface area contributed by atoms with Gasteiger partial charge in [0, 0.05) is 5.56 Å². The van der Waals surface area contributed by atoms with Crippen LogP contribution >= 0.6 is 7.82 Å². The number of hydrogen-bond donors (Lipinski definition) is 1.